The highest BCUT2D eigenvalue weighted by atomic mass is 16.5. The smallest absolute Gasteiger partial charge is 0.236 e. The maximum atomic E-state index is 12.3. The van der Waals surface area contributed by atoms with E-state index in [0.717, 1.165) is 38.5 Å². The molecule has 1 aromatic rings. The summed E-state index contributed by atoms with van der Waals surface area (Å²) in [4.78, 5) is 18.7. The lowest BCUT2D eigenvalue weighted by Gasteiger charge is -2.39. The Morgan fingerprint density at radius 2 is 2.32 bits per heavy atom. The number of piperazine rings is 1. The summed E-state index contributed by atoms with van der Waals surface area (Å²) < 4.78 is 10.4. The van der Waals surface area contributed by atoms with Crippen LogP contribution in [-0.4, -0.2) is 80.1 Å². The van der Waals surface area contributed by atoms with Gasteiger partial charge in [-0.1, -0.05) is 0 Å². The van der Waals surface area contributed by atoms with Gasteiger partial charge in [0.15, 0.2) is 0 Å². The van der Waals surface area contributed by atoms with Gasteiger partial charge in [0, 0.05) is 46.4 Å². The van der Waals surface area contributed by atoms with Gasteiger partial charge >= 0.3 is 0 Å². The second-order valence-electron chi connectivity index (χ2n) is 5.94. The van der Waals surface area contributed by atoms with Crippen LogP contribution < -0.4 is 0 Å². The van der Waals surface area contributed by atoms with Gasteiger partial charge in [-0.05, 0) is 19.1 Å². The molecular weight excluding hydrogens is 282 g/mol. The third-order valence-electron chi connectivity index (χ3n) is 4.19. The molecule has 0 bridgehead atoms. The standard InChI is InChI=1S/C16H27N3O3/c1-14-11-18(6-7-19(14)8-10-21-3)13-16(20)17(2)12-15-5-4-9-22-15/h4-5,9,14H,6-8,10-13H2,1-3H3/t14-/m0/s1. The predicted molar refractivity (Wildman–Crippen MR) is 84.5 cm³/mol. The predicted octanol–water partition coefficient (Wildman–Crippen LogP) is 0.891. The van der Waals surface area contributed by atoms with Crippen molar-refractivity contribution in [1.29, 1.82) is 0 Å². The summed E-state index contributed by atoms with van der Waals surface area (Å²) in [6, 6.07) is 4.18. The molecule has 1 aliphatic rings. The zero-order valence-corrected chi connectivity index (χ0v) is 13.8. The van der Waals surface area contributed by atoms with Gasteiger partial charge in [0.1, 0.15) is 5.76 Å². The molecule has 2 heterocycles. The molecule has 2 rings (SSSR count). The van der Waals surface area contributed by atoms with E-state index in [1.54, 1.807) is 18.3 Å². The molecule has 1 fully saturated rings. The number of furan rings is 1. The Morgan fingerprint density at radius 3 is 2.95 bits per heavy atom. The number of methoxy groups -OCH3 is 1. The van der Waals surface area contributed by atoms with Gasteiger partial charge in [0.2, 0.25) is 5.91 Å². The van der Waals surface area contributed by atoms with Crippen molar-refractivity contribution < 1.29 is 13.9 Å². The summed E-state index contributed by atoms with van der Waals surface area (Å²) >= 11 is 0. The van der Waals surface area contributed by atoms with E-state index in [9.17, 15) is 4.79 Å². The summed E-state index contributed by atoms with van der Waals surface area (Å²) in [6.07, 6.45) is 1.63. The van der Waals surface area contributed by atoms with E-state index in [0.29, 0.717) is 19.1 Å². The number of carbonyl (C=O) groups is 1. The fourth-order valence-electron chi connectivity index (χ4n) is 2.79. The largest absolute Gasteiger partial charge is 0.467 e. The highest BCUT2D eigenvalue weighted by molar-refractivity contribution is 5.77. The first kappa shape index (κ1) is 17.0. The molecule has 0 aliphatic carbocycles. The van der Waals surface area contributed by atoms with Crippen LogP contribution in [0.25, 0.3) is 0 Å². The lowest BCUT2D eigenvalue weighted by molar-refractivity contribution is -0.132. The Bertz CT molecular complexity index is 449. The third-order valence-corrected chi connectivity index (χ3v) is 4.19. The van der Waals surface area contributed by atoms with Crippen LogP contribution in [-0.2, 0) is 16.1 Å². The summed E-state index contributed by atoms with van der Waals surface area (Å²) in [5.41, 5.74) is 0. The molecule has 124 valence electrons. The second-order valence-corrected chi connectivity index (χ2v) is 5.94. The quantitative estimate of drug-likeness (QED) is 0.749. The molecule has 1 aliphatic heterocycles. The highest BCUT2D eigenvalue weighted by Crippen LogP contribution is 2.10. The minimum Gasteiger partial charge on any atom is -0.467 e. The zero-order valence-electron chi connectivity index (χ0n) is 13.8. The lowest BCUT2D eigenvalue weighted by Crippen LogP contribution is -2.54. The van der Waals surface area contributed by atoms with E-state index >= 15 is 0 Å². The molecule has 6 heteroatoms. The number of ether oxygens (including phenoxy) is 1. The van der Waals surface area contributed by atoms with Crippen molar-refractivity contribution in [2.24, 2.45) is 0 Å². The van der Waals surface area contributed by atoms with Crippen LogP contribution in [0.1, 0.15) is 12.7 Å². The Balaban J connectivity index is 1.75. The Labute approximate surface area is 132 Å². The Morgan fingerprint density at radius 1 is 1.50 bits per heavy atom. The summed E-state index contributed by atoms with van der Waals surface area (Å²) in [5, 5.41) is 0. The van der Waals surface area contributed by atoms with Gasteiger partial charge < -0.3 is 14.1 Å². The molecule has 0 saturated carbocycles. The first-order chi connectivity index (χ1) is 10.6. The molecule has 0 spiro atoms. The minimum atomic E-state index is 0.133. The number of rotatable bonds is 7. The monoisotopic (exact) mass is 309 g/mol. The summed E-state index contributed by atoms with van der Waals surface area (Å²) in [6.45, 7) is 7.75. The lowest BCUT2D eigenvalue weighted by atomic mass is 10.2. The van der Waals surface area contributed by atoms with E-state index in [4.69, 9.17) is 9.15 Å². The van der Waals surface area contributed by atoms with Crippen LogP contribution in [0.5, 0.6) is 0 Å². The van der Waals surface area contributed by atoms with Gasteiger partial charge in [-0.3, -0.25) is 14.6 Å². The van der Waals surface area contributed by atoms with Crippen LogP contribution in [0.2, 0.25) is 0 Å². The van der Waals surface area contributed by atoms with E-state index in [1.807, 2.05) is 19.2 Å². The molecule has 1 saturated heterocycles. The number of likely N-dealkylation sites (N-methyl/N-ethyl adjacent to an activating group) is 1. The highest BCUT2D eigenvalue weighted by Gasteiger charge is 2.25. The number of hydrogen-bond donors (Lipinski definition) is 0. The van der Waals surface area contributed by atoms with E-state index in [2.05, 4.69) is 16.7 Å². The van der Waals surface area contributed by atoms with Crippen molar-refractivity contribution in [3.63, 3.8) is 0 Å². The second kappa shape index (κ2) is 8.31. The van der Waals surface area contributed by atoms with E-state index in [-0.39, 0.29) is 5.91 Å². The van der Waals surface area contributed by atoms with Gasteiger partial charge in [-0.2, -0.15) is 0 Å². The molecule has 0 radical (unpaired) electrons. The van der Waals surface area contributed by atoms with Crippen LogP contribution in [0.4, 0.5) is 0 Å². The summed E-state index contributed by atoms with van der Waals surface area (Å²) in [7, 11) is 3.55. The van der Waals surface area contributed by atoms with Crippen molar-refractivity contribution >= 4 is 5.91 Å². The van der Waals surface area contributed by atoms with Gasteiger partial charge in [-0.25, -0.2) is 0 Å². The average Bonchev–Trinajstić information content (AvgIpc) is 2.99. The van der Waals surface area contributed by atoms with Crippen LogP contribution in [0.15, 0.2) is 22.8 Å². The van der Waals surface area contributed by atoms with Crippen molar-refractivity contribution in [3.8, 4) is 0 Å². The molecule has 0 N–H and O–H groups in total. The maximum Gasteiger partial charge on any atom is 0.236 e. The zero-order chi connectivity index (χ0) is 15.9. The van der Waals surface area contributed by atoms with Gasteiger partial charge in [0.25, 0.3) is 0 Å². The molecule has 0 unspecified atom stereocenters. The minimum absolute atomic E-state index is 0.133. The van der Waals surface area contributed by atoms with Crippen LogP contribution >= 0.6 is 0 Å². The number of nitrogens with zero attached hydrogens (tertiary/aromatic N) is 3. The number of amides is 1. The topological polar surface area (TPSA) is 49.2 Å². The fourth-order valence-corrected chi connectivity index (χ4v) is 2.79. The molecule has 0 aromatic carbocycles. The molecule has 1 atom stereocenters. The van der Waals surface area contributed by atoms with E-state index < -0.39 is 0 Å². The van der Waals surface area contributed by atoms with Crippen molar-refractivity contribution in [2.45, 2.75) is 19.5 Å². The SMILES string of the molecule is COCCN1CCN(CC(=O)N(C)Cc2ccco2)C[C@@H]1C. The van der Waals surface area contributed by atoms with Crippen molar-refractivity contribution in [2.75, 3.05) is 53.5 Å². The Kier molecular flexibility index (Phi) is 6.42. The molecule has 22 heavy (non-hydrogen) atoms. The maximum absolute atomic E-state index is 12.3. The van der Waals surface area contributed by atoms with Crippen molar-refractivity contribution in [3.05, 3.63) is 24.2 Å². The molecule has 1 aromatic heterocycles. The molecule has 6 nitrogen and oxygen atoms in total. The van der Waals surface area contributed by atoms with Crippen LogP contribution in [0, 0.1) is 0 Å². The molecular formula is C16H27N3O3. The first-order valence-electron chi connectivity index (χ1n) is 7.82. The van der Waals surface area contributed by atoms with Gasteiger partial charge in [0.05, 0.1) is 26.0 Å². The van der Waals surface area contributed by atoms with Crippen molar-refractivity contribution in [1.82, 2.24) is 14.7 Å². The first-order valence-corrected chi connectivity index (χ1v) is 7.82. The fraction of sp³-hybridized carbons (Fsp3) is 0.688. The molecule has 1 amide bonds. The number of hydrogen-bond acceptors (Lipinski definition) is 5. The Hall–Kier alpha value is -1.37. The third kappa shape index (κ3) is 4.83. The number of carbonyl (C=O) groups excluding carboxylic acids is 1. The van der Waals surface area contributed by atoms with E-state index in [1.165, 1.54) is 0 Å². The summed E-state index contributed by atoms with van der Waals surface area (Å²) in [5.74, 6) is 0.947. The average molecular weight is 309 g/mol. The normalized spacial score (nSPS) is 20.2. The van der Waals surface area contributed by atoms with Gasteiger partial charge in [-0.15, -0.1) is 0 Å². The van der Waals surface area contributed by atoms with Crippen LogP contribution in [0.3, 0.4) is 0 Å².